The van der Waals surface area contributed by atoms with Crippen LogP contribution in [0.25, 0.3) is 0 Å². The number of rotatable bonds is 3. The maximum atomic E-state index is 13.4. The summed E-state index contributed by atoms with van der Waals surface area (Å²) in [4.78, 5) is 0. The van der Waals surface area contributed by atoms with Gasteiger partial charge in [-0.15, -0.1) is 0 Å². The molecule has 2 N–H and O–H groups in total. The fourth-order valence-corrected chi connectivity index (χ4v) is 3.54. The van der Waals surface area contributed by atoms with E-state index in [0.29, 0.717) is 12.3 Å². The molecule has 0 radical (unpaired) electrons. The van der Waals surface area contributed by atoms with Crippen molar-refractivity contribution in [1.82, 2.24) is 0 Å². The zero-order valence-corrected chi connectivity index (χ0v) is 12.7. The van der Waals surface area contributed by atoms with Crippen LogP contribution in [-0.4, -0.2) is 6.04 Å². The molecule has 0 saturated carbocycles. The first-order chi connectivity index (χ1) is 9.65. The van der Waals surface area contributed by atoms with E-state index in [1.807, 2.05) is 0 Å². The quantitative estimate of drug-likeness (QED) is 0.895. The van der Waals surface area contributed by atoms with E-state index in [2.05, 4.69) is 40.2 Å². The number of hydrogen-bond donors (Lipinski definition) is 1. The average Bonchev–Trinajstić information content (AvgIpc) is 2.87. The van der Waals surface area contributed by atoms with Crippen molar-refractivity contribution >= 4 is 15.9 Å². The molecule has 1 aliphatic rings. The average molecular weight is 334 g/mol. The van der Waals surface area contributed by atoms with Crippen LogP contribution in [0.1, 0.15) is 29.0 Å². The van der Waals surface area contributed by atoms with Crippen LogP contribution in [0.2, 0.25) is 0 Å². The van der Waals surface area contributed by atoms with E-state index >= 15 is 0 Å². The second-order valence-electron chi connectivity index (χ2n) is 5.45. The number of hydrogen-bond acceptors (Lipinski definition) is 1. The molecule has 2 atom stereocenters. The summed E-state index contributed by atoms with van der Waals surface area (Å²) in [5.74, 6) is 0.170. The topological polar surface area (TPSA) is 26.0 Å². The van der Waals surface area contributed by atoms with Crippen LogP contribution < -0.4 is 5.73 Å². The lowest BCUT2D eigenvalue weighted by molar-refractivity contribution is 0.522. The zero-order valence-electron chi connectivity index (χ0n) is 11.2. The van der Waals surface area contributed by atoms with Crippen LogP contribution in [-0.2, 0) is 12.8 Å². The van der Waals surface area contributed by atoms with Crippen molar-refractivity contribution in [3.05, 3.63) is 69.4 Å². The molecule has 1 nitrogen and oxygen atoms in total. The third-order valence-corrected chi connectivity index (χ3v) is 4.93. The van der Waals surface area contributed by atoms with Crippen LogP contribution in [0.15, 0.2) is 46.9 Å². The lowest BCUT2D eigenvalue weighted by Crippen LogP contribution is -2.29. The summed E-state index contributed by atoms with van der Waals surface area (Å²) in [6.45, 7) is 0. The molecular weight excluding hydrogens is 317 g/mol. The van der Waals surface area contributed by atoms with Gasteiger partial charge >= 0.3 is 0 Å². The second kappa shape index (κ2) is 5.66. The molecule has 0 bridgehead atoms. The molecule has 3 rings (SSSR count). The zero-order chi connectivity index (χ0) is 14.1. The normalized spacial score (nSPS) is 18.9. The first-order valence-corrected chi connectivity index (χ1v) is 7.72. The third kappa shape index (κ3) is 2.65. The SMILES string of the molecule is NC(Cc1cc(F)ccc1Br)C1CCc2ccccc21. The Balaban J connectivity index is 1.81. The molecule has 0 spiro atoms. The lowest BCUT2D eigenvalue weighted by atomic mass is 9.89. The summed E-state index contributed by atoms with van der Waals surface area (Å²) in [5, 5.41) is 0. The predicted octanol–water partition coefficient (Wildman–Crippen LogP) is 4.19. The Morgan fingerprint density at radius 2 is 2.05 bits per heavy atom. The Morgan fingerprint density at radius 1 is 1.25 bits per heavy atom. The monoisotopic (exact) mass is 333 g/mol. The van der Waals surface area contributed by atoms with E-state index < -0.39 is 0 Å². The van der Waals surface area contributed by atoms with Gasteiger partial charge in [0.05, 0.1) is 0 Å². The van der Waals surface area contributed by atoms with Crippen LogP contribution in [0.5, 0.6) is 0 Å². The van der Waals surface area contributed by atoms with Crippen molar-refractivity contribution in [2.24, 2.45) is 5.73 Å². The van der Waals surface area contributed by atoms with Gasteiger partial charge in [0.1, 0.15) is 5.82 Å². The van der Waals surface area contributed by atoms with Crippen LogP contribution in [0.3, 0.4) is 0 Å². The Hall–Kier alpha value is -1.19. The summed E-state index contributed by atoms with van der Waals surface area (Å²) >= 11 is 3.48. The van der Waals surface area contributed by atoms with Crippen molar-refractivity contribution in [3.8, 4) is 0 Å². The molecule has 0 heterocycles. The van der Waals surface area contributed by atoms with Gasteiger partial charge in [0.2, 0.25) is 0 Å². The van der Waals surface area contributed by atoms with Gasteiger partial charge in [-0.05, 0) is 60.1 Å². The number of benzene rings is 2. The van der Waals surface area contributed by atoms with Crippen molar-refractivity contribution in [3.63, 3.8) is 0 Å². The summed E-state index contributed by atoms with van der Waals surface area (Å²) in [6, 6.07) is 13.3. The molecule has 104 valence electrons. The Morgan fingerprint density at radius 3 is 2.90 bits per heavy atom. The first kappa shape index (κ1) is 13.8. The van der Waals surface area contributed by atoms with Gasteiger partial charge in [0, 0.05) is 10.5 Å². The number of aryl methyl sites for hydroxylation is 1. The molecule has 2 aromatic rings. The van der Waals surface area contributed by atoms with Gasteiger partial charge < -0.3 is 5.73 Å². The highest BCUT2D eigenvalue weighted by Gasteiger charge is 2.27. The summed E-state index contributed by atoms with van der Waals surface area (Å²) in [6.07, 6.45) is 2.88. The molecule has 0 amide bonds. The minimum Gasteiger partial charge on any atom is -0.327 e. The van der Waals surface area contributed by atoms with Gasteiger partial charge in [-0.25, -0.2) is 4.39 Å². The van der Waals surface area contributed by atoms with Gasteiger partial charge in [0.15, 0.2) is 0 Å². The van der Waals surface area contributed by atoms with Gasteiger partial charge in [-0.3, -0.25) is 0 Å². The van der Waals surface area contributed by atoms with E-state index in [4.69, 9.17) is 5.73 Å². The van der Waals surface area contributed by atoms with E-state index in [-0.39, 0.29) is 11.9 Å². The lowest BCUT2D eigenvalue weighted by Gasteiger charge is -2.21. The molecule has 2 aromatic carbocycles. The Kier molecular flexibility index (Phi) is 3.90. The molecule has 20 heavy (non-hydrogen) atoms. The first-order valence-electron chi connectivity index (χ1n) is 6.92. The van der Waals surface area contributed by atoms with Crippen LogP contribution >= 0.6 is 15.9 Å². The molecule has 0 aromatic heterocycles. The fourth-order valence-electron chi connectivity index (χ4n) is 3.13. The molecule has 2 unspecified atom stereocenters. The maximum Gasteiger partial charge on any atom is 0.123 e. The number of nitrogens with two attached hydrogens (primary N) is 1. The van der Waals surface area contributed by atoms with Crippen molar-refractivity contribution in [1.29, 1.82) is 0 Å². The largest absolute Gasteiger partial charge is 0.327 e. The van der Waals surface area contributed by atoms with Gasteiger partial charge in [-0.2, -0.15) is 0 Å². The van der Waals surface area contributed by atoms with E-state index in [1.54, 1.807) is 12.1 Å². The molecule has 1 aliphatic carbocycles. The number of halogens is 2. The predicted molar refractivity (Wildman–Crippen MR) is 83.3 cm³/mol. The summed E-state index contributed by atoms with van der Waals surface area (Å²) in [7, 11) is 0. The van der Waals surface area contributed by atoms with Crippen LogP contribution in [0, 0.1) is 5.82 Å². The van der Waals surface area contributed by atoms with Gasteiger partial charge in [-0.1, -0.05) is 40.2 Å². The minimum atomic E-state index is -0.206. The summed E-state index contributed by atoms with van der Waals surface area (Å²) < 4.78 is 14.3. The highest BCUT2D eigenvalue weighted by Crippen LogP contribution is 2.36. The second-order valence-corrected chi connectivity index (χ2v) is 6.30. The summed E-state index contributed by atoms with van der Waals surface area (Å²) in [5.41, 5.74) is 10.1. The van der Waals surface area contributed by atoms with Crippen molar-refractivity contribution < 1.29 is 4.39 Å². The molecule has 3 heteroatoms. The van der Waals surface area contributed by atoms with E-state index in [9.17, 15) is 4.39 Å². The Bertz CT molecular complexity index is 626. The number of fused-ring (bicyclic) bond motifs is 1. The van der Waals surface area contributed by atoms with E-state index in [1.165, 1.54) is 17.2 Å². The van der Waals surface area contributed by atoms with Crippen LogP contribution in [0.4, 0.5) is 4.39 Å². The molecule has 0 aliphatic heterocycles. The Labute approximate surface area is 127 Å². The third-order valence-electron chi connectivity index (χ3n) is 4.16. The molecular formula is C17H17BrFN. The highest BCUT2D eigenvalue weighted by molar-refractivity contribution is 9.10. The van der Waals surface area contributed by atoms with E-state index in [0.717, 1.165) is 22.9 Å². The van der Waals surface area contributed by atoms with Crippen molar-refractivity contribution in [2.75, 3.05) is 0 Å². The standard InChI is InChI=1S/C17H17BrFN/c18-16-8-6-13(19)9-12(16)10-17(20)15-7-5-11-3-1-2-4-14(11)15/h1-4,6,8-9,15,17H,5,7,10,20H2. The molecule has 0 saturated heterocycles. The van der Waals surface area contributed by atoms with Gasteiger partial charge in [0.25, 0.3) is 0 Å². The minimum absolute atomic E-state index is 0.0248. The maximum absolute atomic E-state index is 13.4. The molecule has 0 fully saturated rings. The highest BCUT2D eigenvalue weighted by atomic mass is 79.9. The fraction of sp³-hybridized carbons (Fsp3) is 0.294. The smallest absolute Gasteiger partial charge is 0.123 e. The van der Waals surface area contributed by atoms with Crippen molar-refractivity contribution in [2.45, 2.75) is 31.2 Å².